The van der Waals surface area contributed by atoms with Crippen LogP contribution in [0.1, 0.15) is 12.0 Å². The lowest BCUT2D eigenvalue weighted by molar-refractivity contribution is -0.122. The third-order valence-electron chi connectivity index (χ3n) is 1.66. The summed E-state index contributed by atoms with van der Waals surface area (Å²) in [5, 5.41) is 12.8. The van der Waals surface area contributed by atoms with Crippen molar-refractivity contribution in [1.82, 2.24) is 5.32 Å². The molecule has 1 radical (unpaired) electrons. The third kappa shape index (κ3) is 3.71. The summed E-state index contributed by atoms with van der Waals surface area (Å²) in [7, 11) is 0. The van der Waals surface area contributed by atoms with E-state index in [2.05, 4.69) is 5.32 Å². The fourth-order valence-corrected chi connectivity index (χ4v) is 0.978. The van der Waals surface area contributed by atoms with E-state index in [1.165, 1.54) is 0 Å². The molecular weight excluding hydrogens is 166 g/mol. The molecule has 1 amide bonds. The van der Waals surface area contributed by atoms with Crippen molar-refractivity contribution in [3.63, 3.8) is 0 Å². The van der Waals surface area contributed by atoms with E-state index >= 15 is 0 Å². The zero-order valence-electron chi connectivity index (χ0n) is 7.32. The van der Waals surface area contributed by atoms with Crippen LogP contribution in [0.15, 0.2) is 30.3 Å². The molecule has 0 heterocycles. The topological polar surface area (TPSA) is 49.0 Å². The molecule has 0 spiro atoms. The summed E-state index contributed by atoms with van der Waals surface area (Å²) < 4.78 is 0. The molecule has 0 fully saturated rings. The minimum Gasteiger partial charge on any atom is -0.352 e. The predicted molar refractivity (Wildman–Crippen MR) is 48.5 cm³/mol. The van der Waals surface area contributed by atoms with Crippen LogP contribution in [0.5, 0.6) is 0 Å². The van der Waals surface area contributed by atoms with E-state index in [-0.39, 0.29) is 18.9 Å². The quantitative estimate of drug-likeness (QED) is 0.738. The van der Waals surface area contributed by atoms with Crippen LogP contribution in [0.3, 0.4) is 0 Å². The molecule has 13 heavy (non-hydrogen) atoms. The molecule has 3 heteroatoms. The molecule has 3 nitrogen and oxygen atoms in total. The molecule has 0 aliphatic heterocycles. The standard InChI is InChI=1S/C10H12NO2/c12-7-6-10(13)11-8-9-4-2-1-3-5-9/h1-5H,6-8H2,(H,11,13). The van der Waals surface area contributed by atoms with Crippen molar-refractivity contribution < 1.29 is 9.90 Å². The molecule has 0 unspecified atom stereocenters. The summed E-state index contributed by atoms with van der Waals surface area (Å²) in [6.07, 6.45) is 0.0623. The van der Waals surface area contributed by atoms with E-state index in [0.717, 1.165) is 5.56 Å². The first-order chi connectivity index (χ1) is 6.33. The van der Waals surface area contributed by atoms with Crippen molar-refractivity contribution >= 4 is 5.91 Å². The number of rotatable bonds is 4. The molecule has 0 saturated heterocycles. The van der Waals surface area contributed by atoms with Gasteiger partial charge in [0.1, 0.15) is 0 Å². The molecule has 0 atom stereocenters. The zero-order valence-corrected chi connectivity index (χ0v) is 7.32. The van der Waals surface area contributed by atoms with Crippen molar-refractivity contribution in [2.75, 3.05) is 6.61 Å². The van der Waals surface area contributed by atoms with E-state index in [0.29, 0.717) is 6.54 Å². The van der Waals surface area contributed by atoms with Gasteiger partial charge in [0.2, 0.25) is 5.91 Å². The molecule has 1 aromatic rings. The molecule has 1 aromatic carbocycles. The van der Waals surface area contributed by atoms with Crippen molar-refractivity contribution in [2.45, 2.75) is 13.0 Å². The molecule has 0 bridgehead atoms. The van der Waals surface area contributed by atoms with Crippen LogP contribution >= 0.6 is 0 Å². The molecule has 0 aromatic heterocycles. The number of carbonyl (C=O) groups is 1. The maximum atomic E-state index is 10.9. The molecule has 0 saturated carbocycles. The Labute approximate surface area is 77.4 Å². The van der Waals surface area contributed by atoms with Crippen LogP contribution in [0.4, 0.5) is 0 Å². The van der Waals surface area contributed by atoms with Crippen molar-refractivity contribution in [2.24, 2.45) is 0 Å². The fraction of sp³-hybridized carbons (Fsp3) is 0.300. The largest absolute Gasteiger partial charge is 0.352 e. The lowest BCUT2D eigenvalue weighted by atomic mass is 10.2. The van der Waals surface area contributed by atoms with Gasteiger partial charge in [0.05, 0.1) is 13.0 Å². The maximum Gasteiger partial charge on any atom is 0.222 e. The second-order valence-electron chi connectivity index (χ2n) is 2.72. The Morgan fingerprint density at radius 1 is 1.23 bits per heavy atom. The first-order valence-electron chi connectivity index (χ1n) is 4.21. The molecular formula is C10H12NO2. The lowest BCUT2D eigenvalue weighted by Gasteiger charge is -2.02. The highest BCUT2D eigenvalue weighted by Gasteiger charge is 1.98. The van der Waals surface area contributed by atoms with Gasteiger partial charge in [0.25, 0.3) is 0 Å². The van der Waals surface area contributed by atoms with Gasteiger partial charge in [-0.3, -0.25) is 4.79 Å². The summed E-state index contributed by atoms with van der Waals surface area (Å²) in [6.45, 7) is 0.153. The molecule has 0 aliphatic rings. The smallest absolute Gasteiger partial charge is 0.222 e. The van der Waals surface area contributed by atoms with Gasteiger partial charge in [-0.1, -0.05) is 30.3 Å². The Morgan fingerprint density at radius 3 is 2.54 bits per heavy atom. The van der Waals surface area contributed by atoms with Gasteiger partial charge in [0.15, 0.2) is 0 Å². The maximum absolute atomic E-state index is 10.9. The predicted octanol–water partition coefficient (Wildman–Crippen LogP) is 1.12. The normalized spacial score (nSPS) is 9.62. The van der Waals surface area contributed by atoms with E-state index in [9.17, 15) is 9.90 Å². The molecule has 1 rings (SSSR count). The van der Waals surface area contributed by atoms with Gasteiger partial charge in [-0.05, 0) is 5.56 Å². The number of hydrogen-bond acceptors (Lipinski definition) is 1. The Balaban J connectivity index is 2.31. The van der Waals surface area contributed by atoms with Crippen LogP contribution in [-0.4, -0.2) is 12.5 Å². The number of hydrogen-bond donors (Lipinski definition) is 1. The van der Waals surface area contributed by atoms with Crippen molar-refractivity contribution in [1.29, 1.82) is 0 Å². The first kappa shape index (κ1) is 9.74. The van der Waals surface area contributed by atoms with E-state index < -0.39 is 0 Å². The summed E-state index contributed by atoms with van der Waals surface area (Å²) >= 11 is 0. The minimum absolute atomic E-state index is 0.0623. The van der Waals surface area contributed by atoms with Gasteiger partial charge in [-0.2, -0.15) is 0 Å². The second kappa shape index (κ2) is 5.32. The van der Waals surface area contributed by atoms with Crippen LogP contribution in [0.2, 0.25) is 0 Å². The SMILES string of the molecule is [O]CCC(=O)NCc1ccccc1. The molecule has 0 aliphatic carbocycles. The summed E-state index contributed by atoms with van der Waals surface area (Å²) in [6, 6.07) is 9.60. The first-order valence-corrected chi connectivity index (χ1v) is 4.21. The van der Waals surface area contributed by atoms with Crippen molar-refractivity contribution in [3.05, 3.63) is 35.9 Å². The van der Waals surface area contributed by atoms with E-state index in [4.69, 9.17) is 0 Å². The Hall–Kier alpha value is -1.35. The van der Waals surface area contributed by atoms with Crippen LogP contribution in [0.25, 0.3) is 0 Å². The van der Waals surface area contributed by atoms with Crippen LogP contribution < -0.4 is 5.32 Å². The third-order valence-corrected chi connectivity index (χ3v) is 1.66. The minimum atomic E-state index is -0.347. The summed E-state index contributed by atoms with van der Waals surface area (Å²) in [5.74, 6) is -0.182. The number of carbonyl (C=O) groups excluding carboxylic acids is 1. The van der Waals surface area contributed by atoms with Crippen LogP contribution in [-0.2, 0) is 16.4 Å². The highest BCUT2D eigenvalue weighted by molar-refractivity contribution is 5.75. The molecule has 69 valence electrons. The Bertz CT molecular complexity index is 259. The van der Waals surface area contributed by atoms with Gasteiger partial charge < -0.3 is 5.32 Å². The van der Waals surface area contributed by atoms with Crippen molar-refractivity contribution in [3.8, 4) is 0 Å². The fourth-order valence-electron chi connectivity index (χ4n) is 0.978. The Morgan fingerprint density at radius 2 is 1.92 bits per heavy atom. The average molecular weight is 178 g/mol. The summed E-state index contributed by atoms with van der Waals surface area (Å²) in [4.78, 5) is 10.9. The summed E-state index contributed by atoms with van der Waals surface area (Å²) in [5.41, 5.74) is 1.04. The monoisotopic (exact) mass is 178 g/mol. The zero-order chi connectivity index (χ0) is 9.52. The number of amides is 1. The number of benzene rings is 1. The highest BCUT2D eigenvalue weighted by atomic mass is 16.3. The second-order valence-corrected chi connectivity index (χ2v) is 2.72. The van der Waals surface area contributed by atoms with E-state index in [1.54, 1.807) is 0 Å². The number of nitrogens with one attached hydrogen (secondary N) is 1. The van der Waals surface area contributed by atoms with E-state index in [1.807, 2.05) is 30.3 Å². The Kier molecular flexibility index (Phi) is 3.99. The van der Waals surface area contributed by atoms with Crippen LogP contribution in [0, 0.1) is 0 Å². The van der Waals surface area contributed by atoms with Gasteiger partial charge in [0, 0.05) is 6.54 Å². The lowest BCUT2D eigenvalue weighted by Crippen LogP contribution is -2.23. The van der Waals surface area contributed by atoms with Gasteiger partial charge in [-0.25, -0.2) is 5.11 Å². The molecule has 1 N–H and O–H groups in total. The highest BCUT2D eigenvalue weighted by Crippen LogP contribution is 1.97. The van der Waals surface area contributed by atoms with Gasteiger partial charge in [-0.15, -0.1) is 0 Å². The van der Waals surface area contributed by atoms with Gasteiger partial charge >= 0.3 is 0 Å². The average Bonchev–Trinajstić information content (AvgIpc) is 2.17.